The van der Waals surface area contributed by atoms with E-state index in [1.807, 2.05) is 37.3 Å². The van der Waals surface area contributed by atoms with Gasteiger partial charge in [-0.25, -0.2) is 0 Å². The number of ether oxygens (including phenoxy) is 1. The van der Waals surface area contributed by atoms with Crippen LogP contribution in [0.5, 0.6) is 0 Å². The standard InChI is InChI=1S/C26H26N4O2/c1-5-32-24(31)13-12-20-18(4)21(15-27)26-29-22-8-6-7-9-23(22)30(26)25(20)28-19-11-10-16(2)17(3)14-19/h6-11,14H,5,12-13H2,1-4H3,(H,28,29)/p+1. The number of aryl methyl sites for hydroxylation is 2. The molecule has 4 rings (SSSR count). The molecule has 0 atom stereocenters. The van der Waals surface area contributed by atoms with Gasteiger partial charge in [-0.05, 0) is 75.1 Å². The van der Waals surface area contributed by atoms with Crippen molar-refractivity contribution in [3.05, 3.63) is 70.3 Å². The summed E-state index contributed by atoms with van der Waals surface area (Å²) in [5, 5.41) is 13.6. The van der Waals surface area contributed by atoms with E-state index in [2.05, 4.69) is 46.8 Å². The minimum absolute atomic E-state index is 0.244. The zero-order valence-electron chi connectivity index (χ0n) is 18.9. The highest BCUT2D eigenvalue weighted by Crippen LogP contribution is 2.29. The summed E-state index contributed by atoms with van der Waals surface area (Å²) in [5.74, 6) is 0.605. The molecule has 0 bridgehead atoms. The number of H-pyrrole nitrogens is 1. The number of para-hydroxylation sites is 2. The molecule has 162 valence electrons. The molecule has 0 radical (unpaired) electrons. The molecular weight excluding hydrogens is 400 g/mol. The molecule has 0 aliphatic rings. The second kappa shape index (κ2) is 8.72. The topological polar surface area (TPSA) is 82.0 Å². The minimum atomic E-state index is -0.244. The number of nitriles is 1. The maximum absolute atomic E-state index is 12.1. The van der Waals surface area contributed by atoms with Crippen molar-refractivity contribution >= 4 is 34.2 Å². The number of rotatable bonds is 6. The molecule has 0 saturated heterocycles. The van der Waals surface area contributed by atoms with Crippen LogP contribution in [-0.2, 0) is 16.0 Å². The number of pyridine rings is 1. The fraction of sp³-hybridized carbons (Fsp3) is 0.269. The van der Waals surface area contributed by atoms with Crippen LogP contribution in [0.2, 0.25) is 0 Å². The third kappa shape index (κ3) is 3.78. The van der Waals surface area contributed by atoms with Crippen molar-refractivity contribution in [2.45, 2.75) is 40.5 Å². The molecule has 0 unspecified atom stereocenters. The highest BCUT2D eigenvalue weighted by Gasteiger charge is 2.26. The Labute approximate surface area is 187 Å². The van der Waals surface area contributed by atoms with Crippen molar-refractivity contribution in [3.8, 4) is 6.07 Å². The number of imidazole rings is 1. The van der Waals surface area contributed by atoms with Crippen LogP contribution in [0.1, 0.15) is 41.2 Å². The van der Waals surface area contributed by atoms with Gasteiger partial charge in [0.15, 0.2) is 0 Å². The Kier molecular flexibility index (Phi) is 5.83. The zero-order valence-corrected chi connectivity index (χ0v) is 18.9. The number of anilines is 2. The predicted molar refractivity (Wildman–Crippen MR) is 125 cm³/mol. The number of aromatic nitrogens is 2. The zero-order chi connectivity index (χ0) is 22.8. The molecule has 0 amide bonds. The van der Waals surface area contributed by atoms with Gasteiger partial charge in [-0.1, -0.05) is 18.2 Å². The molecular formula is C26H27N4O2+. The molecule has 0 saturated carbocycles. The molecule has 0 fully saturated rings. The summed E-state index contributed by atoms with van der Waals surface area (Å²) >= 11 is 0. The van der Waals surface area contributed by atoms with Crippen molar-refractivity contribution in [2.75, 3.05) is 11.9 Å². The van der Waals surface area contributed by atoms with E-state index < -0.39 is 0 Å². The summed E-state index contributed by atoms with van der Waals surface area (Å²) in [4.78, 5) is 15.5. The van der Waals surface area contributed by atoms with Gasteiger partial charge < -0.3 is 4.74 Å². The predicted octanol–water partition coefficient (Wildman–Crippen LogP) is 4.94. The van der Waals surface area contributed by atoms with E-state index in [1.165, 1.54) is 11.1 Å². The molecule has 2 aromatic heterocycles. The van der Waals surface area contributed by atoms with Crippen LogP contribution in [0.3, 0.4) is 0 Å². The summed E-state index contributed by atoms with van der Waals surface area (Å²) in [6.45, 7) is 8.27. The monoisotopic (exact) mass is 427 g/mol. The van der Waals surface area contributed by atoms with Gasteiger partial charge in [0.25, 0.3) is 0 Å². The SMILES string of the molecule is CCOC(=O)CCc1c(C)c(C#N)c2[nH]c3ccccc3[n+]2c1Nc1ccc(C)c(C)c1. The number of aromatic amines is 1. The normalized spacial score (nSPS) is 11.0. The number of nitrogens with one attached hydrogen (secondary N) is 2. The lowest BCUT2D eigenvalue weighted by molar-refractivity contribution is -0.465. The molecule has 0 aliphatic carbocycles. The molecule has 6 heteroatoms. The Morgan fingerprint density at radius 2 is 1.94 bits per heavy atom. The molecule has 2 aromatic carbocycles. The van der Waals surface area contributed by atoms with E-state index in [0.29, 0.717) is 18.6 Å². The van der Waals surface area contributed by atoms with Crippen molar-refractivity contribution in [3.63, 3.8) is 0 Å². The molecule has 2 N–H and O–H groups in total. The van der Waals surface area contributed by atoms with Crippen LogP contribution in [0.25, 0.3) is 16.7 Å². The Morgan fingerprint density at radius 3 is 2.66 bits per heavy atom. The molecule has 2 heterocycles. The van der Waals surface area contributed by atoms with Crippen molar-refractivity contribution in [2.24, 2.45) is 0 Å². The van der Waals surface area contributed by atoms with Gasteiger partial charge in [0, 0.05) is 12.0 Å². The number of hydrogen-bond acceptors (Lipinski definition) is 4. The van der Waals surface area contributed by atoms with Crippen LogP contribution in [0.15, 0.2) is 42.5 Å². The van der Waals surface area contributed by atoms with E-state index in [1.54, 1.807) is 6.92 Å². The third-order valence-corrected chi connectivity index (χ3v) is 5.96. The number of carbonyl (C=O) groups excluding carboxylic acids is 1. The molecule has 0 spiro atoms. The van der Waals surface area contributed by atoms with E-state index in [-0.39, 0.29) is 12.4 Å². The summed E-state index contributed by atoms with van der Waals surface area (Å²) in [6.07, 6.45) is 0.713. The van der Waals surface area contributed by atoms with Crippen molar-refractivity contribution in [1.29, 1.82) is 5.26 Å². The van der Waals surface area contributed by atoms with E-state index in [0.717, 1.165) is 39.3 Å². The summed E-state index contributed by atoms with van der Waals surface area (Å²) < 4.78 is 7.20. The molecule has 0 aliphatic heterocycles. The first-order valence-electron chi connectivity index (χ1n) is 10.8. The maximum Gasteiger partial charge on any atom is 0.306 e. The second-order valence-electron chi connectivity index (χ2n) is 7.99. The van der Waals surface area contributed by atoms with Gasteiger partial charge in [-0.15, -0.1) is 0 Å². The Bertz CT molecular complexity index is 1380. The highest BCUT2D eigenvalue weighted by molar-refractivity contribution is 5.79. The lowest BCUT2D eigenvalue weighted by Gasteiger charge is -2.14. The van der Waals surface area contributed by atoms with Crippen LogP contribution in [0, 0.1) is 32.1 Å². The molecule has 32 heavy (non-hydrogen) atoms. The van der Waals surface area contributed by atoms with Crippen LogP contribution < -0.4 is 9.72 Å². The van der Waals surface area contributed by atoms with Gasteiger partial charge in [0.2, 0.25) is 11.5 Å². The first kappa shape index (κ1) is 21.4. The van der Waals surface area contributed by atoms with Crippen molar-refractivity contribution < 1.29 is 13.9 Å². The lowest BCUT2D eigenvalue weighted by atomic mass is 10.00. The van der Waals surface area contributed by atoms with Gasteiger partial charge in [-0.2, -0.15) is 9.66 Å². The summed E-state index contributed by atoms with van der Waals surface area (Å²) in [7, 11) is 0. The Morgan fingerprint density at radius 1 is 1.16 bits per heavy atom. The quantitative estimate of drug-likeness (QED) is 0.337. The first-order chi connectivity index (χ1) is 15.4. The number of carbonyl (C=O) groups is 1. The van der Waals surface area contributed by atoms with Gasteiger partial charge in [-0.3, -0.25) is 15.1 Å². The third-order valence-electron chi connectivity index (χ3n) is 5.96. The van der Waals surface area contributed by atoms with E-state index in [4.69, 9.17) is 4.74 Å². The fourth-order valence-corrected chi connectivity index (χ4v) is 4.12. The average Bonchev–Trinajstić information content (AvgIpc) is 3.15. The smallest absolute Gasteiger partial charge is 0.306 e. The minimum Gasteiger partial charge on any atom is -0.466 e. The Hall–Kier alpha value is -3.85. The largest absolute Gasteiger partial charge is 0.466 e. The number of esters is 1. The van der Waals surface area contributed by atoms with Crippen LogP contribution >= 0.6 is 0 Å². The van der Waals surface area contributed by atoms with Gasteiger partial charge in [0.05, 0.1) is 12.3 Å². The van der Waals surface area contributed by atoms with E-state index >= 15 is 0 Å². The summed E-state index contributed by atoms with van der Waals surface area (Å²) in [6, 6.07) is 16.6. The molecule has 6 nitrogen and oxygen atoms in total. The second-order valence-corrected chi connectivity index (χ2v) is 7.99. The van der Waals surface area contributed by atoms with Crippen LogP contribution in [0.4, 0.5) is 11.5 Å². The van der Waals surface area contributed by atoms with Crippen molar-refractivity contribution in [1.82, 2.24) is 4.98 Å². The first-order valence-corrected chi connectivity index (χ1v) is 10.8. The van der Waals surface area contributed by atoms with E-state index in [9.17, 15) is 10.1 Å². The number of nitrogens with zero attached hydrogens (tertiary/aromatic N) is 2. The Balaban J connectivity index is 1.97. The maximum atomic E-state index is 12.1. The average molecular weight is 428 g/mol. The highest BCUT2D eigenvalue weighted by atomic mass is 16.5. The molecule has 4 aromatic rings. The van der Waals surface area contributed by atoms with Gasteiger partial charge in [0.1, 0.15) is 22.7 Å². The number of fused-ring (bicyclic) bond motifs is 3. The fourth-order valence-electron chi connectivity index (χ4n) is 4.12. The number of hydrogen-bond donors (Lipinski definition) is 2. The summed E-state index contributed by atoms with van der Waals surface area (Å²) in [5.41, 5.74) is 8.35. The lowest BCUT2D eigenvalue weighted by Crippen LogP contribution is -2.29. The number of benzene rings is 2. The van der Waals surface area contributed by atoms with Crippen LogP contribution in [-0.4, -0.2) is 17.6 Å². The van der Waals surface area contributed by atoms with Gasteiger partial charge >= 0.3 is 5.97 Å².